The zero-order valence-electron chi connectivity index (χ0n) is 59.8. The van der Waals surface area contributed by atoms with Gasteiger partial charge in [-0.05, 0) is 62.3 Å². The Labute approximate surface area is 606 Å². The van der Waals surface area contributed by atoms with Gasteiger partial charge in [-0.3, -0.25) is 0 Å². The second-order valence-electron chi connectivity index (χ2n) is 23.5. The van der Waals surface area contributed by atoms with Gasteiger partial charge in [0.1, 0.15) is 0 Å². The normalized spacial score (nSPS) is 23.6. The minimum Gasteiger partial charge on any atom is -0.463 e. The summed E-state index contributed by atoms with van der Waals surface area (Å²) in [6.07, 6.45) is 5.28. The van der Waals surface area contributed by atoms with Gasteiger partial charge in [-0.2, -0.15) is 0 Å². The monoisotopic (exact) mass is 1510 g/mol. The first kappa shape index (κ1) is 92.1. The molecule has 0 aromatic carbocycles. The zero-order chi connectivity index (χ0) is 81.0. The van der Waals surface area contributed by atoms with Crippen molar-refractivity contribution in [1.82, 2.24) is 0 Å². The third kappa shape index (κ3) is 31.8. The van der Waals surface area contributed by atoms with Crippen molar-refractivity contribution in [3.05, 3.63) is 87.1 Å². The highest BCUT2D eigenvalue weighted by Gasteiger charge is 2.48. The highest BCUT2D eigenvalue weighted by molar-refractivity contribution is 5.94. The summed E-state index contributed by atoms with van der Waals surface area (Å²) in [6.45, 7) is 35.2. The Morgan fingerprint density at radius 3 is 0.783 bits per heavy atom. The lowest BCUT2D eigenvalue weighted by molar-refractivity contribution is -0.175. The topological polar surface area (TPSA) is 500 Å². The van der Waals surface area contributed by atoms with Gasteiger partial charge in [-0.25, -0.2) is 91.1 Å². The van der Waals surface area contributed by atoms with Crippen molar-refractivity contribution >= 4 is 113 Å². The van der Waals surface area contributed by atoms with Crippen LogP contribution in [-0.2, 0) is 181 Å². The number of hydrogen-bond donors (Lipinski definition) is 0. The van der Waals surface area contributed by atoms with Gasteiger partial charge in [0.2, 0.25) is 39.7 Å². The number of esters is 19. The van der Waals surface area contributed by atoms with Crippen LogP contribution >= 0.6 is 0 Å². The van der Waals surface area contributed by atoms with Crippen molar-refractivity contribution in [2.75, 3.05) is 79.3 Å². The molecule has 0 amide bonds. The molecule has 0 aliphatic carbocycles. The summed E-state index contributed by atoms with van der Waals surface area (Å²) in [5.41, 5.74) is -6.65. The molecule has 0 aromatic rings. The lowest BCUT2D eigenvalue weighted by Crippen LogP contribution is -2.37. The fraction of sp³-hybridized carbons (Fsp3) is 0.515. The SMILES string of the molecule is C=C(C)C(=O)OC1(C)CCOC1=O.C=C(C)C(=O)OCC(=O)OC1(C)CCOC1=O.C=C(C)C(=O)OCC(=O)OC1(C)CCOC1=O.C=CC(=O)OC1(C)CCOC1=O.C=CC(=O)OCC(=O)OC1(C)CCOC1=O.C=CC(=O)OCC(=O)OC1(C)CCOC1=O.C=CC(=O)OCC(=O)OC1CCOC1=O. The predicted octanol–water partition coefficient (Wildman–Crippen LogP) is 1.44. The van der Waals surface area contributed by atoms with E-state index in [4.69, 9.17) is 47.4 Å². The molecule has 38 nitrogen and oxygen atoms in total. The van der Waals surface area contributed by atoms with Gasteiger partial charge in [0, 0.05) is 86.0 Å². The average Bonchev–Trinajstić information content (AvgIpc) is 1.73. The minimum absolute atomic E-state index is 0.185. The van der Waals surface area contributed by atoms with Crippen molar-refractivity contribution in [1.29, 1.82) is 0 Å². The molecular weight excluding hydrogens is 1420 g/mol. The van der Waals surface area contributed by atoms with Crippen LogP contribution in [0.3, 0.4) is 0 Å². The van der Waals surface area contributed by atoms with Crippen molar-refractivity contribution < 1.29 is 181 Å². The number of hydrogen-bond acceptors (Lipinski definition) is 38. The predicted molar refractivity (Wildman–Crippen MR) is 346 cm³/mol. The molecule has 38 heteroatoms. The molecule has 0 saturated carbocycles. The maximum Gasteiger partial charge on any atom is 0.350 e. The number of carbonyl (C=O) groups excluding carboxylic acids is 19. The largest absolute Gasteiger partial charge is 0.463 e. The lowest BCUT2D eigenvalue weighted by atomic mass is 10.1. The number of cyclic esters (lactones) is 7. The Balaban J connectivity index is 0.000000620. The molecule has 0 bridgehead atoms. The molecule has 584 valence electrons. The Kier molecular flexibility index (Phi) is 37.6. The maximum atomic E-state index is 11.3. The Hall–Kier alpha value is -11.9. The fourth-order valence-electron chi connectivity index (χ4n) is 7.63. The molecule has 7 fully saturated rings. The number of rotatable bonds is 24. The quantitative estimate of drug-likeness (QED) is 0.0749. The first-order chi connectivity index (χ1) is 49.3. The van der Waals surface area contributed by atoms with Crippen molar-refractivity contribution in [3.63, 3.8) is 0 Å². The van der Waals surface area contributed by atoms with Crippen LogP contribution in [0.2, 0.25) is 0 Å². The lowest BCUT2D eigenvalue weighted by Gasteiger charge is -2.19. The van der Waals surface area contributed by atoms with Crippen LogP contribution in [0.5, 0.6) is 0 Å². The van der Waals surface area contributed by atoms with Crippen LogP contribution in [0, 0.1) is 0 Å². The highest BCUT2D eigenvalue weighted by atomic mass is 16.7. The molecular formula is C68H84O38. The maximum absolute atomic E-state index is 11.3. The average molecular weight is 1510 g/mol. The first-order valence-corrected chi connectivity index (χ1v) is 31.4. The molecule has 0 N–H and O–H groups in total. The van der Waals surface area contributed by atoms with E-state index in [0.29, 0.717) is 58.2 Å². The molecule has 7 atom stereocenters. The summed E-state index contributed by atoms with van der Waals surface area (Å²) >= 11 is 0. The van der Waals surface area contributed by atoms with Crippen LogP contribution in [0.4, 0.5) is 0 Å². The molecule has 106 heavy (non-hydrogen) atoms. The molecule has 0 spiro atoms. The first-order valence-electron chi connectivity index (χ1n) is 31.4. The van der Waals surface area contributed by atoms with E-state index in [1.54, 1.807) is 6.92 Å². The van der Waals surface area contributed by atoms with E-state index >= 15 is 0 Å². The number of carbonyl (C=O) groups is 19. The van der Waals surface area contributed by atoms with Gasteiger partial charge in [-0.15, -0.1) is 0 Å². The van der Waals surface area contributed by atoms with Crippen LogP contribution in [0.15, 0.2) is 87.1 Å². The van der Waals surface area contributed by atoms with E-state index < -0.39 is 186 Å². The molecule has 7 aliphatic heterocycles. The molecule has 0 aromatic heterocycles. The third-order valence-corrected chi connectivity index (χ3v) is 14.0. The van der Waals surface area contributed by atoms with E-state index in [1.165, 1.54) is 55.4 Å². The smallest absolute Gasteiger partial charge is 0.350 e. The van der Waals surface area contributed by atoms with Gasteiger partial charge in [-0.1, -0.05) is 46.1 Å². The second-order valence-corrected chi connectivity index (χ2v) is 23.5. The van der Waals surface area contributed by atoms with Crippen molar-refractivity contribution in [2.24, 2.45) is 0 Å². The van der Waals surface area contributed by atoms with Gasteiger partial charge in [0.05, 0.1) is 46.2 Å². The molecule has 7 saturated heterocycles. The van der Waals surface area contributed by atoms with Crippen LogP contribution in [-0.4, -0.2) is 232 Å². The standard InChI is InChI=1S/2C11H14O6.2C10H12O6.C9H10O6.C9H12O4.C8H10O4/c2*1-7(2)9(13)16-6-8(12)17-11(3)4-5-15-10(11)14;2*1-3-7(11)15-6-8(12)16-10(2)4-5-14-9(10)13;1-2-7(10)14-5-8(11)15-6-3-4-13-9(6)12;1-6(2)7(10)13-9(3)4-5-12-8(9)11;1-3-6(9)12-8(2)4-5-11-7(8)10/h2*1,4-6H2,2-3H3;2*3H,1,4-6H2,2H3;2,6H,1,3-5H2;1,4-5H2,2-3H3;3H,1,4-5H2,2H3. The Morgan fingerprint density at radius 2 is 0.566 bits per heavy atom. The second kappa shape index (κ2) is 43.3. The van der Waals surface area contributed by atoms with Gasteiger partial charge >= 0.3 is 113 Å². The summed E-state index contributed by atoms with van der Waals surface area (Å²) in [7, 11) is 0. The summed E-state index contributed by atoms with van der Waals surface area (Å²) in [6, 6.07) is 0. The van der Waals surface area contributed by atoms with E-state index in [-0.39, 0.29) is 49.8 Å². The molecule has 7 unspecified atom stereocenters. The Bertz CT molecular complexity index is 3310. The molecule has 0 radical (unpaired) electrons. The molecule has 7 aliphatic rings. The molecule has 7 rings (SSSR count). The van der Waals surface area contributed by atoms with E-state index in [0.717, 1.165) is 24.3 Å². The van der Waals surface area contributed by atoms with Gasteiger partial charge in [0.15, 0.2) is 33.0 Å². The summed E-state index contributed by atoms with van der Waals surface area (Å²) in [4.78, 5) is 210. The Morgan fingerprint density at radius 1 is 0.330 bits per heavy atom. The summed E-state index contributed by atoms with van der Waals surface area (Å²) in [5.74, 6) is -12.5. The van der Waals surface area contributed by atoms with Crippen molar-refractivity contribution in [3.8, 4) is 0 Å². The van der Waals surface area contributed by atoms with E-state index in [1.807, 2.05) is 0 Å². The van der Waals surface area contributed by atoms with E-state index in [9.17, 15) is 91.1 Å². The van der Waals surface area contributed by atoms with E-state index in [2.05, 4.69) is 88.7 Å². The number of ether oxygens (including phenoxy) is 19. The minimum atomic E-state index is -1.27. The van der Waals surface area contributed by atoms with Gasteiger partial charge in [0.25, 0.3) is 0 Å². The van der Waals surface area contributed by atoms with Gasteiger partial charge < -0.3 is 90.0 Å². The summed E-state index contributed by atoms with van der Waals surface area (Å²) in [5, 5.41) is 0. The zero-order valence-corrected chi connectivity index (χ0v) is 59.8. The summed E-state index contributed by atoms with van der Waals surface area (Å²) < 4.78 is 89.3. The fourth-order valence-corrected chi connectivity index (χ4v) is 7.63. The highest BCUT2D eigenvalue weighted by Crippen LogP contribution is 2.29. The third-order valence-electron chi connectivity index (χ3n) is 14.0. The molecule has 7 heterocycles. The van der Waals surface area contributed by atoms with Crippen LogP contribution < -0.4 is 0 Å². The van der Waals surface area contributed by atoms with Crippen LogP contribution in [0.1, 0.15) is 107 Å². The van der Waals surface area contributed by atoms with Crippen LogP contribution in [0.25, 0.3) is 0 Å². The van der Waals surface area contributed by atoms with Crippen molar-refractivity contribution in [2.45, 2.75) is 147 Å².